The highest BCUT2D eigenvalue weighted by Crippen LogP contribution is 2.17. The maximum absolute atomic E-state index is 12.2. The Kier molecular flexibility index (Phi) is 6.35. The van der Waals surface area contributed by atoms with Crippen molar-refractivity contribution in [1.82, 2.24) is 4.72 Å². The molecule has 0 aromatic heterocycles. The third kappa shape index (κ3) is 5.15. The molecule has 1 amide bonds. The first-order valence-corrected chi connectivity index (χ1v) is 7.91. The number of hydrogen-bond donors (Lipinski definition) is 1. The predicted molar refractivity (Wildman–Crippen MR) is 89.9 cm³/mol. The van der Waals surface area contributed by atoms with Crippen LogP contribution >= 0.6 is 0 Å². The monoisotopic (exact) mass is 334 g/mol. The molecular formula is C16H18N2O4S. The van der Waals surface area contributed by atoms with E-state index in [2.05, 4.69) is 24.5 Å². The molecule has 0 unspecified atom stereocenters. The number of amides is 1. The Bertz CT molecular complexity index is 726. The molecule has 0 aliphatic rings. The number of nitrogens with zero attached hydrogens (tertiary/aromatic N) is 1. The minimum atomic E-state index is -3.77. The molecule has 23 heavy (non-hydrogen) atoms. The standard InChI is InChI=1S/C16H18N2O4S/c1-5-18(12-19)15-8-10-16(11-9-15)23(20,21)17-13(2)6-7-14(3)22-4/h5-12,17H,1-3H2,4H3/b7-6-. The summed E-state index contributed by atoms with van der Waals surface area (Å²) in [6.07, 6.45) is 4.82. The minimum Gasteiger partial charge on any atom is -0.497 e. The smallest absolute Gasteiger partial charge is 0.261 e. The molecule has 0 radical (unpaired) electrons. The van der Waals surface area contributed by atoms with Gasteiger partial charge < -0.3 is 4.74 Å². The second-order valence-electron chi connectivity index (χ2n) is 4.32. The number of hydrogen-bond acceptors (Lipinski definition) is 4. The van der Waals surface area contributed by atoms with E-state index < -0.39 is 10.0 Å². The van der Waals surface area contributed by atoms with Crippen LogP contribution in [-0.2, 0) is 19.6 Å². The van der Waals surface area contributed by atoms with E-state index >= 15 is 0 Å². The van der Waals surface area contributed by atoms with Gasteiger partial charge in [-0.2, -0.15) is 0 Å². The number of methoxy groups -OCH3 is 1. The molecule has 0 fully saturated rings. The van der Waals surface area contributed by atoms with Gasteiger partial charge in [-0.3, -0.25) is 14.4 Å². The summed E-state index contributed by atoms with van der Waals surface area (Å²) in [5, 5.41) is 0. The summed E-state index contributed by atoms with van der Waals surface area (Å²) in [5.41, 5.74) is 0.664. The lowest BCUT2D eigenvalue weighted by Crippen LogP contribution is -2.22. The highest BCUT2D eigenvalue weighted by atomic mass is 32.2. The van der Waals surface area contributed by atoms with Gasteiger partial charge in [-0.25, -0.2) is 8.42 Å². The molecule has 1 N–H and O–H groups in total. The highest BCUT2D eigenvalue weighted by Gasteiger charge is 2.14. The van der Waals surface area contributed by atoms with Crippen LogP contribution in [0.5, 0.6) is 0 Å². The topological polar surface area (TPSA) is 75.7 Å². The number of carbonyl (C=O) groups excluding carboxylic acids is 1. The Morgan fingerprint density at radius 3 is 2.30 bits per heavy atom. The van der Waals surface area contributed by atoms with Gasteiger partial charge in [-0.15, -0.1) is 0 Å². The van der Waals surface area contributed by atoms with E-state index in [1.54, 1.807) is 0 Å². The van der Waals surface area contributed by atoms with Crippen molar-refractivity contribution in [3.05, 3.63) is 73.8 Å². The Morgan fingerprint density at radius 1 is 1.22 bits per heavy atom. The van der Waals surface area contributed by atoms with E-state index in [9.17, 15) is 13.2 Å². The summed E-state index contributed by atoms with van der Waals surface area (Å²) in [4.78, 5) is 12.1. The fourth-order valence-electron chi connectivity index (χ4n) is 1.53. The lowest BCUT2D eigenvalue weighted by atomic mass is 10.3. The maximum atomic E-state index is 12.2. The van der Waals surface area contributed by atoms with Gasteiger partial charge in [0, 0.05) is 17.6 Å². The third-order valence-corrected chi connectivity index (χ3v) is 4.18. The number of rotatable bonds is 9. The van der Waals surface area contributed by atoms with E-state index in [1.165, 1.54) is 54.6 Å². The van der Waals surface area contributed by atoms with Crippen LogP contribution in [0.4, 0.5) is 5.69 Å². The number of ether oxygens (including phenoxy) is 1. The van der Waals surface area contributed by atoms with E-state index in [4.69, 9.17) is 4.74 Å². The van der Waals surface area contributed by atoms with Crippen LogP contribution in [0.25, 0.3) is 0 Å². The summed E-state index contributed by atoms with van der Waals surface area (Å²) in [6.45, 7) is 10.7. The van der Waals surface area contributed by atoms with E-state index in [0.29, 0.717) is 17.9 Å². The summed E-state index contributed by atoms with van der Waals surface area (Å²) >= 11 is 0. The van der Waals surface area contributed by atoms with Crippen LogP contribution in [-0.4, -0.2) is 21.9 Å². The van der Waals surface area contributed by atoms with Crippen molar-refractivity contribution in [2.45, 2.75) is 4.90 Å². The molecule has 0 aliphatic heterocycles. The lowest BCUT2D eigenvalue weighted by Gasteiger charge is -2.13. The number of benzene rings is 1. The van der Waals surface area contributed by atoms with Gasteiger partial charge in [-0.1, -0.05) is 19.7 Å². The first-order chi connectivity index (χ1) is 10.8. The van der Waals surface area contributed by atoms with Crippen LogP contribution < -0.4 is 9.62 Å². The zero-order valence-corrected chi connectivity index (χ0v) is 13.5. The molecule has 0 aliphatic carbocycles. The molecule has 1 aromatic carbocycles. The Balaban J connectivity index is 2.90. The molecule has 0 heterocycles. The summed E-state index contributed by atoms with van der Waals surface area (Å²) < 4.78 is 31.6. The lowest BCUT2D eigenvalue weighted by molar-refractivity contribution is -0.106. The second-order valence-corrected chi connectivity index (χ2v) is 6.01. The van der Waals surface area contributed by atoms with Crippen molar-refractivity contribution in [3.8, 4) is 0 Å². The SMILES string of the molecule is C=CN(C=O)c1ccc(S(=O)(=O)NC(=C)/C=C\C(=C)OC)cc1. The zero-order chi connectivity index (χ0) is 17.5. The number of anilines is 1. The maximum Gasteiger partial charge on any atom is 0.261 e. The number of sulfonamides is 1. The quantitative estimate of drug-likeness (QED) is 0.427. The van der Waals surface area contributed by atoms with Crippen LogP contribution in [0.15, 0.2) is 78.7 Å². The van der Waals surface area contributed by atoms with Gasteiger partial charge in [0.1, 0.15) is 5.76 Å². The van der Waals surface area contributed by atoms with Crippen molar-refractivity contribution in [1.29, 1.82) is 0 Å². The Labute approximate surface area is 136 Å². The molecule has 0 atom stereocenters. The van der Waals surface area contributed by atoms with Crippen molar-refractivity contribution < 1.29 is 17.9 Å². The first kappa shape index (κ1) is 18.2. The van der Waals surface area contributed by atoms with Crippen LogP contribution in [0, 0.1) is 0 Å². The molecule has 0 saturated heterocycles. The van der Waals surface area contributed by atoms with Gasteiger partial charge in [0.25, 0.3) is 10.0 Å². The summed E-state index contributed by atoms with van der Waals surface area (Å²) in [6, 6.07) is 5.75. The third-order valence-electron chi connectivity index (χ3n) is 2.75. The normalized spacial score (nSPS) is 10.8. The van der Waals surface area contributed by atoms with Gasteiger partial charge in [-0.05, 0) is 36.4 Å². The van der Waals surface area contributed by atoms with Gasteiger partial charge >= 0.3 is 0 Å². The summed E-state index contributed by atoms with van der Waals surface area (Å²) in [5.74, 6) is 0.369. The molecule has 6 nitrogen and oxygen atoms in total. The molecular weight excluding hydrogens is 316 g/mol. The zero-order valence-electron chi connectivity index (χ0n) is 12.7. The number of allylic oxidation sites excluding steroid dienone is 2. The van der Waals surface area contributed by atoms with Crippen molar-refractivity contribution in [2.24, 2.45) is 0 Å². The second kappa shape index (κ2) is 8.00. The van der Waals surface area contributed by atoms with Gasteiger partial charge in [0.2, 0.25) is 6.41 Å². The van der Waals surface area contributed by atoms with Crippen molar-refractivity contribution >= 4 is 22.1 Å². The fraction of sp³-hybridized carbons (Fsp3) is 0.0625. The van der Waals surface area contributed by atoms with Crippen LogP contribution in [0.1, 0.15) is 0 Å². The average molecular weight is 334 g/mol. The molecule has 0 spiro atoms. The van der Waals surface area contributed by atoms with Crippen LogP contribution in [0.2, 0.25) is 0 Å². The molecule has 122 valence electrons. The molecule has 0 bridgehead atoms. The first-order valence-electron chi connectivity index (χ1n) is 6.43. The van der Waals surface area contributed by atoms with Crippen LogP contribution in [0.3, 0.4) is 0 Å². The minimum absolute atomic E-state index is 0.0382. The average Bonchev–Trinajstić information content (AvgIpc) is 2.54. The van der Waals surface area contributed by atoms with Gasteiger partial charge in [0.05, 0.1) is 12.0 Å². The molecule has 1 aromatic rings. The van der Waals surface area contributed by atoms with Gasteiger partial charge in [0.15, 0.2) is 0 Å². The number of carbonyl (C=O) groups is 1. The largest absolute Gasteiger partial charge is 0.497 e. The summed E-state index contributed by atoms with van der Waals surface area (Å²) in [7, 11) is -2.32. The van der Waals surface area contributed by atoms with Crippen molar-refractivity contribution in [2.75, 3.05) is 12.0 Å². The molecule has 1 rings (SSSR count). The predicted octanol–water partition coefficient (Wildman–Crippen LogP) is 2.30. The van der Waals surface area contributed by atoms with E-state index in [0.717, 1.165) is 0 Å². The highest BCUT2D eigenvalue weighted by molar-refractivity contribution is 7.89. The van der Waals surface area contributed by atoms with E-state index in [-0.39, 0.29) is 10.6 Å². The fourth-order valence-corrected chi connectivity index (χ4v) is 2.56. The van der Waals surface area contributed by atoms with Crippen molar-refractivity contribution in [3.63, 3.8) is 0 Å². The van der Waals surface area contributed by atoms with E-state index in [1.807, 2.05) is 0 Å². The number of nitrogens with one attached hydrogen (secondary N) is 1. The molecule has 7 heteroatoms. The Morgan fingerprint density at radius 2 is 1.83 bits per heavy atom. The Hall–Kier alpha value is -2.80. The molecule has 0 saturated carbocycles.